The van der Waals surface area contributed by atoms with Gasteiger partial charge in [0.15, 0.2) is 0 Å². The number of H-pyrrole nitrogens is 1. The first-order valence-corrected chi connectivity index (χ1v) is 2.83. The van der Waals surface area contributed by atoms with E-state index in [0.717, 1.165) is 11.8 Å². The summed E-state index contributed by atoms with van der Waals surface area (Å²) in [7, 11) is 0. The van der Waals surface area contributed by atoms with Gasteiger partial charge in [-0.2, -0.15) is 0 Å². The van der Waals surface area contributed by atoms with Crippen LogP contribution in [0.1, 0.15) is 5.69 Å². The number of hydrogen-bond donors (Lipinski definition) is 2. The van der Waals surface area contributed by atoms with Crippen molar-refractivity contribution in [2.24, 2.45) is 0 Å². The Morgan fingerprint density at radius 1 is 1.70 bits per heavy atom. The molecule has 0 radical (unpaired) electrons. The lowest BCUT2D eigenvalue weighted by atomic mass is 10.4. The van der Waals surface area contributed by atoms with E-state index in [4.69, 9.17) is 5.11 Å². The fraction of sp³-hybridized carbons (Fsp3) is 0. The van der Waals surface area contributed by atoms with Crippen LogP contribution in [-0.2, 0) is 4.79 Å². The Morgan fingerprint density at radius 2 is 2.50 bits per heavy atom. The third-order valence-corrected chi connectivity index (χ3v) is 1.03. The maximum absolute atomic E-state index is 9.99. The molecular formula is C7H7NO2. The van der Waals surface area contributed by atoms with Crippen LogP contribution >= 0.6 is 0 Å². The minimum atomic E-state index is -0.936. The molecule has 10 heavy (non-hydrogen) atoms. The number of aromatic nitrogens is 1. The first-order chi connectivity index (χ1) is 4.79. The molecule has 1 rings (SSSR count). The molecule has 0 atom stereocenters. The highest BCUT2D eigenvalue weighted by Crippen LogP contribution is 1.95. The summed E-state index contributed by atoms with van der Waals surface area (Å²) in [6, 6.07) is 3.60. The Labute approximate surface area is 58.0 Å². The van der Waals surface area contributed by atoms with Crippen molar-refractivity contribution in [3.8, 4) is 0 Å². The molecule has 0 spiro atoms. The maximum atomic E-state index is 9.99. The van der Waals surface area contributed by atoms with E-state index in [9.17, 15) is 4.79 Å². The summed E-state index contributed by atoms with van der Waals surface area (Å²) >= 11 is 0. The predicted molar refractivity (Wildman–Crippen MR) is 37.5 cm³/mol. The number of rotatable bonds is 2. The van der Waals surface area contributed by atoms with E-state index in [1.807, 2.05) is 6.07 Å². The topological polar surface area (TPSA) is 53.1 Å². The van der Waals surface area contributed by atoms with Crippen LogP contribution in [0.5, 0.6) is 0 Å². The summed E-state index contributed by atoms with van der Waals surface area (Å²) in [6.07, 6.45) is 4.33. The van der Waals surface area contributed by atoms with Crippen LogP contribution in [0, 0.1) is 0 Å². The van der Waals surface area contributed by atoms with Gasteiger partial charge in [-0.25, -0.2) is 4.79 Å². The van der Waals surface area contributed by atoms with Crippen LogP contribution < -0.4 is 0 Å². The second-order valence-corrected chi connectivity index (χ2v) is 1.80. The van der Waals surface area contributed by atoms with Crippen molar-refractivity contribution in [2.45, 2.75) is 0 Å². The van der Waals surface area contributed by atoms with Crippen molar-refractivity contribution in [2.75, 3.05) is 0 Å². The molecule has 0 saturated carbocycles. The molecule has 3 nitrogen and oxygen atoms in total. The van der Waals surface area contributed by atoms with Gasteiger partial charge in [0.2, 0.25) is 0 Å². The Hall–Kier alpha value is -1.51. The van der Waals surface area contributed by atoms with Gasteiger partial charge in [-0.1, -0.05) is 0 Å². The molecule has 1 heterocycles. The van der Waals surface area contributed by atoms with Crippen molar-refractivity contribution < 1.29 is 9.90 Å². The lowest BCUT2D eigenvalue weighted by molar-refractivity contribution is -0.131. The second kappa shape index (κ2) is 2.87. The quantitative estimate of drug-likeness (QED) is 0.600. The van der Waals surface area contributed by atoms with Crippen molar-refractivity contribution in [1.29, 1.82) is 0 Å². The first-order valence-electron chi connectivity index (χ1n) is 2.83. The summed E-state index contributed by atoms with van der Waals surface area (Å²) < 4.78 is 0. The molecule has 0 saturated heterocycles. The van der Waals surface area contributed by atoms with Crippen molar-refractivity contribution in [3.63, 3.8) is 0 Å². The van der Waals surface area contributed by atoms with Gasteiger partial charge in [-0.3, -0.25) is 0 Å². The minimum Gasteiger partial charge on any atom is -0.478 e. The molecule has 52 valence electrons. The summed E-state index contributed by atoms with van der Waals surface area (Å²) in [5.74, 6) is -0.936. The highest BCUT2D eigenvalue weighted by Gasteiger charge is 1.86. The van der Waals surface area contributed by atoms with Crippen LogP contribution in [0.25, 0.3) is 6.08 Å². The fourth-order valence-corrected chi connectivity index (χ4v) is 0.609. The third kappa shape index (κ3) is 1.78. The molecule has 0 unspecified atom stereocenters. The molecule has 0 aliphatic heterocycles. The largest absolute Gasteiger partial charge is 0.478 e. The lowest BCUT2D eigenvalue weighted by Crippen LogP contribution is -1.85. The number of hydrogen-bond acceptors (Lipinski definition) is 1. The molecule has 0 aromatic carbocycles. The van der Waals surface area contributed by atoms with Crippen molar-refractivity contribution in [3.05, 3.63) is 30.1 Å². The van der Waals surface area contributed by atoms with E-state index in [2.05, 4.69) is 4.98 Å². The zero-order chi connectivity index (χ0) is 7.40. The minimum absolute atomic E-state index is 0.794. The molecule has 0 aliphatic carbocycles. The van der Waals surface area contributed by atoms with Gasteiger partial charge < -0.3 is 10.1 Å². The summed E-state index contributed by atoms with van der Waals surface area (Å²) in [5.41, 5.74) is 0.794. The lowest BCUT2D eigenvalue weighted by Gasteiger charge is -1.80. The molecular weight excluding hydrogens is 130 g/mol. The molecule has 1 aromatic heterocycles. The van der Waals surface area contributed by atoms with E-state index in [0.29, 0.717) is 0 Å². The van der Waals surface area contributed by atoms with Gasteiger partial charge in [0.05, 0.1) is 0 Å². The molecule has 0 bridgehead atoms. The van der Waals surface area contributed by atoms with E-state index in [1.54, 1.807) is 12.3 Å². The zero-order valence-corrected chi connectivity index (χ0v) is 5.24. The van der Waals surface area contributed by atoms with Crippen LogP contribution in [0.4, 0.5) is 0 Å². The maximum Gasteiger partial charge on any atom is 0.328 e. The smallest absolute Gasteiger partial charge is 0.328 e. The molecule has 0 amide bonds. The summed E-state index contributed by atoms with van der Waals surface area (Å²) in [5, 5.41) is 8.21. The number of nitrogens with one attached hydrogen (secondary N) is 1. The van der Waals surface area contributed by atoms with Gasteiger partial charge >= 0.3 is 5.97 Å². The predicted octanol–water partition coefficient (Wildman–Crippen LogP) is 1.11. The SMILES string of the molecule is O=C(O)/C=C\c1ccc[nH]1. The van der Waals surface area contributed by atoms with Gasteiger partial charge in [-0.15, -0.1) is 0 Å². The Bertz CT molecular complexity index is 236. The number of carboxylic acid groups (broad SMARTS) is 1. The standard InChI is InChI=1S/C7H7NO2/c9-7(10)4-3-6-2-1-5-8-6/h1-5,8H,(H,9,10)/b4-3-. The number of carboxylic acids is 1. The van der Waals surface area contributed by atoms with E-state index < -0.39 is 5.97 Å². The van der Waals surface area contributed by atoms with E-state index in [-0.39, 0.29) is 0 Å². The zero-order valence-electron chi connectivity index (χ0n) is 5.24. The van der Waals surface area contributed by atoms with Crippen LogP contribution in [0.2, 0.25) is 0 Å². The number of carbonyl (C=O) groups is 1. The van der Waals surface area contributed by atoms with Gasteiger partial charge in [0.1, 0.15) is 0 Å². The monoisotopic (exact) mass is 137 g/mol. The van der Waals surface area contributed by atoms with E-state index in [1.165, 1.54) is 6.08 Å². The number of aromatic amines is 1. The van der Waals surface area contributed by atoms with Crippen LogP contribution in [0.3, 0.4) is 0 Å². The molecule has 2 N–H and O–H groups in total. The van der Waals surface area contributed by atoms with E-state index >= 15 is 0 Å². The summed E-state index contributed by atoms with van der Waals surface area (Å²) in [6.45, 7) is 0. The van der Waals surface area contributed by atoms with Crippen LogP contribution in [0.15, 0.2) is 24.4 Å². The Morgan fingerprint density at radius 3 is 3.00 bits per heavy atom. The van der Waals surface area contributed by atoms with Crippen LogP contribution in [-0.4, -0.2) is 16.1 Å². The van der Waals surface area contributed by atoms with Crippen molar-refractivity contribution >= 4 is 12.0 Å². The average molecular weight is 137 g/mol. The average Bonchev–Trinajstić information content (AvgIpc) is 2.34. The highest BCUT2D eigenvalue weighted by atomic mass is 16.4. The fourth-order valence-electron chi connectivity index (χ4n) is 0.609. The molecule has 1 aromatic rings. The van der Waals surface area contributed by atoms with Gasteiger partial charge in [0, 0.05) is 18.0 Å². The third-order valence-electron chi connectivity index (χ3n) is 1.03. The highest BCUT2D eigenvalue weighted by molar-refractivity contribution is 5.84. The summed E-state index contributed by atoms with van der Waals surface area (Å²) in [4.78, 5) is 12.8. The molecule has 0 aliphatic rings. The Kier molecular flexibility index (Phi) is 1.89. The van der Waals surface area contributed by atoms with Gasteiger partial charge in [-0.05, 0) is 18.2 Å². The number of aliphatic carboxylic acids is 1. The first kappa shape index (κ1) is 6.61. The Balaban J connectivity index is 2.64. The normalized spacial score (nSPS) is 10.4. The molecule has 3 heteroatoms. The van der Waals surface area contributed by atoms with Crippen molar-refractivity contribution in [1.82, 2.24) is 4.98 Å². The van der Waals surface area contributed by atoms with Gasteiger partial charge in [0.25, 0.3) is 0 Å². The second-order valence-electron chi connectivity index (χ2n) is 1.80. The molecule has 0 fully saturated rings.